The lowest BCUT2D eigenvalue weighted by atomic mass is 9.86. The lowest BCUT2D eigenvalue weighted by molar-refractivity contribution is 0.0254. The Bertz CT molecular complexity index is 338. The third-order valence-corrected chi connectivity index (χ3v) is 4.50. The van der Waals surface area contributed by atoms with E-state index in [4.69, 9.17) is 0 Å². The van der Waals surface area contributed by atoms with Gasteiger partial charge in [-0.15, -0.1) is 0 Å². The van der Waals surface area contributed by atoms with E-state index in [-0.39, 0.29) is 11.1 Å². The lowest BCUT2D eigenvalue weighted by Crippen LogP contribution is -2.38. The highest BCUT2D eigenvalue weighted by Crippen LogP contribution is 2.41. The predicted octanol–water partition coefficient (Wildman–Crippen LogP) is 2.93. The van der Waals surface area contributed by atoms with Crippen LogP contribution in [0.15, 0.2) is 24.3 Å². The van der Waals surface area contributed by atoms with E-state index in [9.17, 15) is 9.50 Å². The molecular formula is C12H15FOS. The molecule has 1 N–H and O–H groups in total. The molecule has 1 aliphatic heterocycles. The number of hydrogen-bond acceptors (Lipinski definition) is 2. The smallest absolute Gasteiger partial charge is 0.123 e. The van der Waals surface area contributed by atoms with Crippen molar-refractivity contribution in [2.45, 2.75) is 30.6 Å². The van der Waals surface area contributed by atoms with Crippen molar-refractivity contribution in [1.82, 2.24) is 0 Å². The average Bonchev–Trinajstić information content (AvgIpc) is 2.23. The number of aliphatic hydroxyl groups is 1. The van der Waals surface area contributed by atoms with E-state index in [0.717, 1.165) is 24.2 Å². The van der Waals surface area contributed by atoms with Gasteiger partial charge in [-0.05, 0) is 36.3 Å². The normalized spacial score (nSPS) is 31.5. The van der Waals surface area contributed by atoms with E-state index in [1.807, 2.05) is 6.92 Å². The number of thioether (sulfide) groups is 1. The first-order valence-corrected chi connectivity index (χ1v) is 6.28. The molecule has 0 aliphatic carbocycles. The van der Waals surface area contributed by atoms with Gasteiger partial charge in [-0.3, -0.25) is 0 Å². The van der Waals surface area contributed by atoms with Crippen LogP contribution in [0.2, 0.25) is 0 Å². The summed E-state index contributed by atoms with van der Waals surface area (Å²) in [6.45, 7) is 2.03. The third-order valence-electron chi connectivity index (χ3n) is 3.09. The number of rotatable bonds is 1. The van der Waals surface area contributed by atoms with Gasteiger partial charge in [0.15, 0.2) is 0 Å². The largest absolute Gasteiger partial charge is 0.384 e. The highest BCUT2D eigenvalue weighted by molar-refractivity contribution is 8.00. The molecule has 1 aliphatic rings. The lowest BCUT2D eigenvalue weighted by Gasteiger charge is -2.38. The van der Waals surface area contributed by atoms with E-state index >= 15 is 0 Å². The topological polar surface area (TPSA) is 20.2 Å². The van der Waals surface area contributed by atoms with Gasteiger partial charge in [-0.25, -0.2) is 4.39 Å². The van der Waals surface area contributed by atoms with Gasteiger partial charge in [0, 0.05) is 5.25 Å². The van der Waals surface area contributed by atoms with Crippen molar-refractivity contribution >= 4 is 11.8 Å². The van der Waals surface area contributed by atoms with E-state index in [0.29, 0.717) is 0 Å². The Morgan fingerprint density at radius 3 is 2.67 bits per heavy atom. The Morgan fingerprint density at radius 1 is 1.40 bits per heavy atom. The average molecular weight is 226 g/mol. The summed E-state index contributed by atoms with van der Waals surface area (Å²) in [6.07, 6.45) is 1.79. The molecule has 82 valence electrons. The summed E-state index contributed by atoms with van der Waals surface area (Å²) < 4.78 is 12.8. The molecule has 1 saturated heterocycles. The summed E-state index contributed by atoms with van der Waals surface area (Å²) in [7, 11) is 0. The maximum absolute atomic E-state index is 12.8. The van der Waals surface area contributed by atoms with Gasteiger partial charge in [0.25, 0.3) is 0 Å². The summed E-state index contributed by atoms with van der Waals surface area (Å²) >= 11 is 1.78. The monoisotopic (exact) mass is 226 g/mol. The third kappa shape index (κ3) is 2.04. The molecule has 0 saturated carbocycles. The fraction of sp³-hybridized carbons (Fsp3) is 0.500. The number of benzene rings is 1. The second-order valence-corrected chi connectivity index (χ2v) is 5.50. The van der Waals surface area contributed by atoms with Crippen LogP contribution in [-0.2, 0) is 5.60 Å². The first kappa shape index (κ1) is 11.0. The molecule has 1 aromatic carbocycles. The quantitative estimate of drug-likeness (QED) is 0.794. The van der Waals surface area contributed by atoms with Crippen molar-refractivity contribution in [2.24, 2.45) is 0 Å². The highest BCUT2D eigenvalue weighted by atomic mass is 32.2. The minimum absolute atomic E-state index is 0.178. The SMILES string of the molecule is CC1SCCCC1(O)c1ccc(F)cc1. The van der Waals surface area contributed by atoms with Gasteiger partial charge in [-0.1, -0.05) is 19.1 Å². The number of hydrogen-bond donors (Lipinski definition) is 1. The van der Waals surface area contributed by atoms with Gasteiger partial charge in [0.1, 0.15) is 11.4 Å². The molecule has 0 amide bonds. The molecule has 1 heterocycles. The standard InChI is InChI=1S/C12H15FOS/c1-9-12(14,7-2-8-15-9)10-3-5-11(13)6-4-10/h3-6,9,14H,2,7-8H2,1H3. The van der Waals surface area contributed by atoms with Crippen LogP contribution in [0.3, 0.4) is 0 Å². The van der Waals surface area contributed by atoms with Crippen LogP contribution >= 0.6 is 11.8 Å². The Hall–Kier alpha value is -0.540. The molecular weight excluding hydrogens is 211 g/mol. The van der Waals surface area contributed by atoms with Crippen LogP contribution in [-0.4, -0.2) is 16.1 Å². The van der Waals surface area contributed by atoms with Crippen molar-refractivity contribution in [3.05, 3.63) is 35.6 Å². The Morgan fingerprint density at radius 2 is 2.07 bits per heavy atom. The van der Waals surface area contributed by atoms with Gasteiger partial charge in [0.05, 0.1) is 0 Å². The van der Waals surface area contributed by atoms with Crippen LogP contribution in [0.25, 0.3) is 0 Å². The van der Waals surface area contributed by atoms with Gasteiger partial charge < -0.3 is 5.11 Å². The first-order chi connectivity index (χ1) is 7.13. The summed E-state index contributed by atoms with van der Waals surface area (Å²) in [5.41, 5.74) is 0.0555. The molecule has 15 heavy (non-hydrogen) atoms. The van der Waals surface area contributed by atoms with Crippen molar-refractivity contribution in [3.63, 3.8) is 0 Å². The van der Waals surface area contributed by atoms with Crippen molar-refractivity contribution < 1.29 is 9.50 Å². The second-order valence-electron chi connectivity index (χ2n) is 4.05. The second kappa shape index (κ2) is 4.14. The Kier molecular flexibility index (Phi) is 3.03. The van der Waals surface area contributed by atoms with Gasteiger partial charge in [-0.2, -0.15) is 11.8 Å². The predicted molar refractivity (Wildman–Crippen MR) is 61.5 cm³/mol. The van der Waals surface area contributed by atoms with Crippen molar-refractivity contribution in [3.8, 4) is 0 Å². The fourth-order valence-corrected chi connectivity index (χ4v) is 3.25. The minimum Gasteiger partial charge on any atom is -0.384 e. The molecule has 0 radical (unpaired) electrons. The zero-order valence-electron chi connectivity index (χ0n) is 8.74. The molecule has 2 rings (SSSR count). The van der Waals surface area contributed by atoms with Crippen molar-refractivity contribution in [2.75, 3.05) is 5.75 Å². The van der Waals surface area contributed by atoms with Crippen LogP contribution in [0, 0.1) is 5.82 Å². The van der Waals surface area contributed by atoms with Crippen LogP contribution in [0.5, 0.6) is 0 Å². The molecule has 1 aromatic rings. The van der Waals surface area contributed by atoms with E-state index in [2.05, 4.69) is 0 Å². The van der Waals surface area contributed by atoms with Crippen LogP contribution < -0.4 is 0 Å². The number of halogens is 1. The molecule has 3 heteroatoms. The maximum Gasteiger partial charge on any atom is 0.123 e. The van der Waals surface area contributed by atoms with Crippen LogP contribution in [0.4, 0.5) is 4.39 Å². The van der Waals surface area contributed by atoms with Crippen molar-refractivity contribution in [1.29, 1.82) is 0 Å². The van der Waals surface area contributed by atoms with E-state index in [1.165, 1.54) is 12.1 Å². The van der Waals surface area contributed by atoms with E-state index in [1.54, 1.807) is 23.9 Å². The zero-order valence-corrected chi connectivity index (χ0v) is 9.56. The molecule has 2 unspecified atom stereocenters. The molecule has 0 aromatic heterocycles. The molecule has 0 bridgehead atoms. The maximum atomic E-state index is 12.8. The summed E-state index contributed by atoms with van der Waals surface area (Å²) in [4.78, 5) is 0. The molecule has 2 atom stereocenters. The van der Waals surface area contributed by atoms with Crippen LogP contribution in [0.1, 0.15) is 25.3 Å². The fourth-order valence-electron chi connectivity index (χ4n) is 2.06. The summed E-state index contributed by atoms with van der Waals surface area (Å²) in [6, 6.07) is 6.22. The Balaban J connectivity index is 2.30. The van der Waals surface area contributed by atoms with E-state index < -0.39 is 5.60 Å². The summed E-state index contributed by atoms with van der Waals surface area (Å²) in [5, 5.41) is 10.7. The molecule has 1 fully saturated rings. The Labute approximate surface area is 93.7 Å². The summed E-state index contributed by atoms with van der Waals surface area (Å²) in [5.74, 6) is 0.850. The highest BCUT2D eigenvalue weighted by Gasteiger charge is 2.38. The molecule has 1 nitrogen and oxygen atoms in total. The minimum atomic E-state index is -0.781. The first-order valence-electron chi connectivity index (χ1n) is 5.23. The van der Waals surface area contributed by atoms with Gasteiger partial charge in [0.2, 0.25) is 0 Å². The van der Waals surface area contributed by atoms with Gasteiger partial charge >= 0.3 is 0 Å². The zero-order chi connectivity index (χ0) is 10.9. The molecule has 0 spiro atoms.